The summed E-state index contributed by atoms with van der Waals surface area (Å²) in [5, 5.41) is 3.52. The van der Waals surface area contributed by atoms with Crippen LogP contribution in [0.25, 0.3) is 0 Å². The van der Waals surface area contributed by atoms with Gasteiger partial charge in [-0.2, -0.15) is 0 Å². The number of rotatable bonds is 8. The Morgan fingerprint density at radius 1 is 1.29 bits per heavy atom. The smallest absolute Gasteiger partial charge is 0.00413 e. The zero-order chi connectivity index (χ0) is 11.0. The van der Waals surface area contributed by atoms with E-state index in [9.17, 15) is 0 Å². The van der Waals surface area contributed by atoms with E-state index >= 15 is 0 Å². The van der Waals surface area contributed by atoms with E-state index in [1.807, 2.05) is 0 Å². The lowest BCUT2D eigenvalue weighted by atomic mass is 9.94. The fourth-order valence-electron chi connectivity index (χ4n) is 1.80. The Morgan fingerprint density at radius 2 is 1.93 bits per heavy atom. The van der Waals surface area contributed by atoms with Crippen molar-refractivity contribution in [3.05, 3.63) is 12.2 Å². The summed E-state index contributed by atoms with van der Waals surface area (Å²) in [4.78, 5) is 0. The predicted molar refractivity (Wildman–Crippen MR) is 65.6 cm³/mol. The van der Waals surface area contributed by atoms with Crippen LogP contribution in [0.4, 0.5) is 0 Å². The monoisotopic (exact) mass is 197 g/mol. The van der Waals surface area contributed by atoms with E-state index in [2.05, 4.69) is 39.6 Å². The highest BCUT2D eigenvalue weighted by atomic mass is 14.9. The van der Waals surface area contributed by atoms with E-state index in [4.69, 9.17) is 0 Å². The highest BCUT2D eigenvalue weighted by molar-refractivity contribution is 4.94. The van der Waals surface area contributed by atoms with Crippen molar-refractivity contribution in [2.75, 3.05) is 6.54 Å². The Hall–Kier alpha value is -0.300. The topological polar surface area (TPSA) is 12.0 Å². The largest absolute Gasteiger partial charge is 0.314 e. The van der Waals surface area contributed by atoms with Gasteiger partial charge in [0.15, 0.2) is 0 Å². The molecule has 84 valence electrons. The highest BCUT2D eigenvalue weighted by Gasteiger charge is 2.08. The first-order valence-electron chi connectivity index (χ1n) is 6.00. The Labute approximate surface area is 90.0 Å². The summed E-state index contributed by atoms with van der Waals surface area (Å²) in [5.41, 5.74) is 1.39. The molecule has 0 fully saturated rings. The first-order valence-corrected chi connectivity index (χ1v) is 6.00. The van der Waals surface area contributed by atoms with Crippen LogP contribution in [0, 0.1) is 5.92 Å². The van der Waals surface area contributed by atoms with Gasteiger partial charge < -0.3 is 5.32 Å². The van der Waals surface area contributed by atoms with Crippen molar-refractivity contribution in [1.29, 1.82) is 0 Å². The maximum absolute atomic E-state index is 4.06. The number of nitrogens with one attached hydrogen (secondary N) is 1. The molecule has 0 bridgehead atoms. The molecular formula is C13H27N. The molecule has 0 saturated heterocycles. The van der Waals surface area contributed by atoms with Gasteiger partial charge in [-0.15, -0.1) is 0 Å². The van der Waals surface area contributed by atoms with E-state index < -0.39 is 0 Å². The molecule has 0 radical (unpaired) electrons. The molecule has 1 N–H and O–H groups in total. The average molecular weight is 197 g/mol. The molecule has 0 aliphatic rings. The lowest BCUT2D eigenvalue weighted by molar-refractivity contribution is 0.417. The maximum atomic E-state index is 4.06. The lowest BCUT2D eigenvalue weighted by Crippen LogP contribution is -2.28. The van der Waals surface area contributed by atoms with Crippen molar-refractivity contribution in [2.24, 2.45) is 5.92 Å². The zero-order valence-corrected chi connectivity index (χ0v) is 10.4. The molecule has 14 heavy (non-hydrogen) atoms. The molecule has 1 heteroatoms. The van der Waals surface area contributed by atoms with Crippen LogP contribution in [0.5, 0.6) is 0 Å². The van der Waals surface area contributed by atoms with Gasteiger partial charge in [0.05, 0.1) is 0 Å². The SMILES string of the molecule is C=C(CC)CC(C)CC(C)NCCC. The first-order chi connectivity index (χ1) is 6.60. The summed E-state index contributed by atoms with van der Waals surface area (Å²) in [6.45, 7) is 14.2. The summed E-state index contributed by atoms with van der Waals surface area (Å²) in [5.74, 6) is 0.766. The normalized spacial score (nSPS) is 15.1. The molecule has 2 unspecified atom stereocenters. The fraction of sp³-hybridized carbons (Fsp3) is 0.846. The molecule has 0 aliphatic carbocycles. The van der Waals surface area contributed by atoms with Gasteiger partial charge in [0.2, 0.25) is 0 Å². The Bertz CT molecular complexity index is 151. The molecule has 0 aromatic carbocycles. The Kier molecular flexibility index (Phi) is 7.87. The second kappa shape index (κ2) is 8.05. The van der Waals surface area contributed by atoms with Gasteiger partial charge >= 0.3 is 0 Å². The summed E-state index contributed by atoms with van der Waals surface area (Å²) in [6.07, 6.45) is 4.80. The Morgan fingerprint density at radius 3 is 2.43 bits per heavy atom. The molecular weight excluding hydrogens is 170 g/mol. The van der Waals surface area contributed by atoms with Crippen molar-refractivity contribution < 1.29 is 0 Å². The van der Waals surface area contributed by atoms with E-state index in [0.29, 0.717) is 6.04 Å². The van der Waals surface area contributed by atoms with Crippen molar-refractivity contribution in [3.8, 4) is 0 Å². The predicted octanol–water partition coefficient (Wildman–Crippen LogP) is 3.76. The minimum Gasteiger partial charge on any atom is -0.314 e. The van der Waals surface area contributed by atoms with Crippen LogP contribution < -0.4 is 5.32 Å². The molecule has 0 aromatic heterocycles. The summed E-state index contributed by atoms with van der Waals surface area (Å²) in [7, 11) is 0. The van der Waals surface area contributed by atoms with Crippen molar-refractivity contribution in [1.82, 2.24) is 5.32 Å². The van der Waals surface area contributed by atoms with Crippen LogP contribution in [0.15, 0.2) is 12.2 Å². The van der Waals surface area contributed by atoms with Crippen LogP contribution in [0.2, 0.25) is 0 Å². The molecule has 0 saturated carbocycles. The molecule has 2 atom stereocenters. The fourth-order valence-corrected chi connectivity index (χ4v) is 1.80. The third-order valence-corrected chi connectivity index (χ3v) is 2.64. The zero-order valence-electron chi connectivity index (χ0n) is 10.4. The van der Waals surface area contributed by atoms with Gasteiger partial charge in [0.1, 0.15) is 0 Å². The van der Waals surface area contributed by atoms with Gasteiger partial charge in [0.25, 0.3) is 0 Å². The van der Waals surface area contributed by atoms with Crippen molar-refractivity contribution in [2.45, 2.75) is 59.4 Å². The second-order valence-corrected chi connectivity index (χ2v) is 4.50. The highest BCUT2D eigenvalue weighted by Crippen LogP contribution is 2.17. The van der Waals surface area contributed by atoms with Gasteiger partial charge in [-0.25, -0.2) is 0 Å². The van der Waals surface area contributed by atoms with Crippen LogP contribution in [-0.2, 0) is 0 Å². The van der Waals surface area contributed by atoms with Gasteiger partial charge in [-0.1, -0.05) is 32.9 Å². The third-order valence-electron chi connectivity index (χ3n) is 2.64. The molecule has 0 aliphatic heterocycles. The molecule has 0 spiro atoms. The van der Waals surface area contributed by atoms with E-state index in [-0.39, 0.29) is 0 Å². The van der Waals surface area contributed by atoms with E-state index in [1.54, 1.807) is 0 Å². The van der Waals surface area contributed by atoms with Crippen LogP contribution in [0.1, 0.15) is 53.4 Å². The third kappa shape index (κ3) is 7.14. The first kappa shape index (κ1) is 13.7. The van der Waals surface area contributed by atoms with Crippen LogP contribution >= 0.6 is 0 Å². The summed E-state index contributed by atoms with van der Waals surface area (Å²) in [6, 6.07) is 0.648. The maximum Gasteiger partial charge on any atom is 0.00413 e. The molecule has 0 amide bonds. The molecule has 1 nitrogen and oxygen atoms in total. The average Bonchev–Trinajstić information content (AvgIpc) is 2.14. The lowest BCUT2D eigenvalue weighted by Gasteiger charge is -2.18. The van der Waals surface area contributed by atoms with Crippen LogP contribution in [0.3, 0.4) is 0 Å². The number of hydrogen-bond acceptors (Lipinski definition) is 1. The number of hydrogen-bond donors (Lipinski definition) is 1. The standard InChI is InChI=1S/C13H27N/c1-6-8-14-13(5)10-12(4)9-11(3)7-2/h12-14H,3,6-10H2,1-2,4-5H3. The van der Waals surface area contributed by atoms with Crippen molar-refractivity contribution >= 4 is 0 Å². The molecule has 0 rings (SSSR count). The van der Waals surface area contributed by atoms with Gasteiger partial charge in [-0.3, -0.25) is 0 Å². The quantitative estimate of drug-likeness (QED) is 0.584. The van der Waals surface area contributed by atoms with E-state index in [0.717, 1.165) is 18.9 Å². The molecule has 0 aromatic rings. The Balaban J connectivity index is 3.59. The number of allylic oxidation sites excluding steroid dienone is 1. The van der Waals surface area contributed by atoms with E-state index in [1.165, 1.54) is 24.8 Å². The molecule has 0 heterocycles. The second-order valence-electron chi connectivity index (χ2n) is 4.50. The van der Waals surface area contributed by atoms with Gasteiger partial charge in [-0.05, 0) is 45.1 Å². The summed E-state index contributed by atoms with van der Waals surface area (Å²) < 4.78 is 0. The summed E-state index contributed by atoms with van der Waals surface area (Å²) >= 11 is 0. The minimum absolute atomic E-state index is 0.648. The minimum atomic E-state index is 0.648. The van der Waals surface area contributed by atoms with Gasteiger partial charge in [0, 0.05) is 6.04 Å². The van der Waals surface area contributed by atoms with Crippen molar-refractivity contribution in [3.63, 3.8) is 0 Å². The van der Waals surface area contributed by atoms with Crippen LogP contribution in [-0.4, -0.2) is 12.6 Å².